The van der Waals surface area contributed by atoms with Crippen LogP contribution >= 0.6 is 0 Å². The van der Waals surface area contributed by atoms with Gasteiger partial charge in [-0.1, -0.05) is 0 Å². The van der Waals surface area contributed by atoms with Gasteiger partial charge < -0.3 is 19.2 Å². The second kappa shape index (κ2) is 5.05. The first-order valence-corrected chi connectivity index (χ1v) is 6.12. The molecule has 2 rings (SSSR count). The van der Waals surface area contributed by atoms with Crippen LogP contribution in [-0.2, 0) is 9.53 Å². The molecule has 2 heterocycles. The van der Waals surface area contributed by atoms with Crippen molar-refractivity contribution in [2.75, 3.05) is 20.3 Å². The largest absolute Gasteiger partial charge is 0.479 e. The minimum Gasteiger partial charge on any atom is -0.479 e. The lowest BCUT2D eigenvalue weighted by molar-refractivity contribution is -0.151. The highest BCUT2D eigenvalue weighted by Gasteiger charge is 2.50. The number of nitrogens with zero attached hydrogens (tertiary/aromatic N) is 1. The third kappa shape index (κ3) is 2.23. The number of carboxylic acid groups (broad SMARTS) is 1. The molecule has 1 fully saturated rings. The average Bonchev–Trinajstić information content (AvgIpc) is 2.96. The number of amides is 1. The smallest absolute Gasteiger partial charge is 0.332 e. The van der Waals surface area contributed by atoms with Crippen LogP contribution in [-0.4, -0.2) is 47.7 Å². The van der Waals surface area contributed by atoms with E-state index in [2.05, 4.69) is 0 Å². The summed E-state index contributed by atoms with van der Waals surface area (Å²) in [5.74, 6) is -0.648. The van der Waals surface area contributed by atoms with Gasteiger partial charge in [0, 0.05) is 13.7 Å². The lowest BCUT2D eigenvalue weighted by Gasteiger charge is -2.33. The van der Waals surface area contributed by atoms with E-state index in [4.69, 9.17) is 9.15 Å². The Morgan fingerprint density at radius 2 is 2.26 bits per heavy atom. The van der Waals surface area contributed by atoms with Crippen molar-refractivity contribution in [1.82, 2.24) is 4.90 Å². The highest BCUT2D eigenvalue weighted by Crippen LogP contribution is 2.32. The summed E-state index contributed by atoms with van der Waals surface area (Å²) in [6, 6.07) is 3.25. The predicted molar refractivity (Wildman–Crippen MR) is 66.0 cm³/mol. The Labute approximate surface area is 110 Å². The summed E-state index contributed by atoms with van der Waals surface area (Å²) in [5.41, 5.74) is -1.29. The number of carboxylic acids is 1. The van der Waals surface area contributed by atoms with Gasteiger partial charge in [-0.05, 0) is 31.9 Å². The van der Waals surface area contributed by atoms with E-state index in [0.717, 1.165) is 0 Å². The summed E-state index contributed by atoms with van der Waals surface area (Å²) in [6.45, 7) is 2.11. The molecule has 0 bridgehead atoms. The van der Waals surface area contributed by atoms with Crippen LogP contribution in [0.2, 0.25) is 0 Å². The van der Waals surface area contributed by atoms with Gasteiger partial charge in [-0.25, -0.2) is 4.79 Å². The van der Waals surface area contributed by atoms with E-state index in [0.29, 0.717) is 25.1 Å². The normalized spacial score (nSPS) is 22.7. The molecule has 1 unspecified atom stereocenters. The number of ether oxygens (including phenoxy) is 1. The Morgan fingerprint density at radius 3 is 2.79 bits per heavy atom. The molecular weight excluding hydrogens is 250 g/mol. The maximum Gasteiger partial charge on any atom is 0.332 e. The molecule has 0 aromatic carbocycles. The first kappa shape index (κ1) is 13.6. The van der Waals surface area contributed by atoms with Crippen LogP contribution in [0.3, 0.4) is 0 Å². The molecule has 1 N–H and O–H groups in total. The average molecular weight is 267 g/mol. The number of hydrogen-bond acceptors (Lipinski definition) is 4. The molecule has 1 aromatic rings. The van der Waals surface area contributed by atoms with Crippen molar-refractivity contribution in [3.8, 4) is 0 Å². The van der Waals surface area contributed by atoms with E-state index < -0.39 is 17.4 Å². The van der Waals surface area contributed by atoms with Gasteiger partial charge in [0.1, 0.15) is 5.76 Å². The second-order valence-electron chi connectivity index (χ2n) is 4.74. The number of furan rings is 1. The van der Waals surface area contributed by atoms with Crippen molar-refractivity contribution in [2.45, 2.75) is 25.3 Å². The van der Waals surface area contributed by atoms with Crippen LogP contribution in [0, 0.1) is 6.92 Å². The number of aryl methyl sites for hydroxylation is 1. The minimum absolute atomic E-state index is 0.0201. The Bertz CT molecular complexity index is 495. The molecule has 0 aliphatic carbocycles. The van der Waals surface area contributed by atoms with E-state index >= 15 is 0 Å². The summed E-state index contributed by atoms with van der Waals surface area (Å²) in [7, 11) is 1.43. The van der Waals surface area contributed by atoms with Crippen LogP contribution in [0.5, 0.6) is 0 Å². The molecule has 1 aromatic heterocycles. The number of rotatable bonds is 4. The molecule has 6 nitrogen and oxygen atoms in total. The van der Waals surface area contributed by atoms with Crippen LogP contribution in [0.25, 0.3) is 0 Å². The van der Waals surface area contributed by atoms with Crippen LogP contribution in [0.1, 0.15) is 29.2 Å². The SMILES string of the molecule is COCC1(C(=O)O)CCCN1C(=O)c1ccc(C)o1. The lowest BCUT2D eigenvalue weighted by atomic mass is 9.97. The number of likely N-dealkylation sites (tertiary alicyclic amines) is 1. The zero-order chi connectivity index (χ0) is 14.0. The number of carbonyl (C=O) groups excluding carboxylic acids is 1. The van der Waals surface area contributed by atoms with E-state index in [9.17, 15) is 14.7 Å². The monoisotopic (exact) mass is 267 g/mol. The summed E-state index contributed by atoms with van der Waals surface area (Å²) in [6.07, 6.45) is 1.03. The molecule has 6 heteroatoms. The Morgan fingerprint density at radius 1 is 1.53 bits per heavy atom. The summed E-state index contributed by atoms with van der Waals surface area (Å²) < 4.78 is 10.3. The third-order valence-electron chi connectivity index (χ3n) is 3.47. The Hall–Kier alpha value is -1.82. The van der Waals surface area contributed by atoms with Crippen molar-refractivity contribution in [2.24, 2.45) is 0 Å². The number of aliphatic carboxylic acids is 1. The topological polar surface area (TPSA) is 80.0 Å². The van der Waals surface area contributed by atoms with E-state index in [1.54, 1.807) is 19.1 Å². The van der Waals surface area contributed by atoms with Gasteiger partial charge in [0.25, 0.3) is 5.91 Å². The highest BCUT2D eigenvalue weighted by molar-refractivity contribution is 5.96. The summed E-state index contributed by atoms with van der Waals surface area (Å²) >= 11 is 0. The zero-order valence-corrected chi connectivity index (χ0v) is 11.0. The van der Waals surface area contributed by atoms with Gasteiger partial charge in [-0.2, -0.15) is 0 Å². The molecule has 0 saturated carbocycles. The molecule has 1 amide bonds. The number of methoxy groups -OCH3 is 1. The Kier molecular flexibility index (Phi) is 3.61. The van der Waals surface area contributed by atoms with Crippen molar-refractivity contribution >= 4 is 11.9 Å². The maximum absolute atomic E-state index is 12.4. The van der Waals surface area contributed by atoms with Crippen molar-refractivity contribution in [3.05, 3.63) is 23.7 Å². The Balaban J connectivity index is 2.31. The first-order valence-electron chi connectivity index (χ1n) is 6.12. The third-order valence-corrected chi connectivity index (χ3v) is 3.47. The summed E-state index contributed by atoms with van der Waals surface area (Å²) in [5, 5.41) is 9.46. The molecule has 1 atom stereocenters. The van der Waals surface area contributed by atoms with Gasteiger partial charge in [0.05, 0.1) is 6.61 Å². The van der Waals surface area contributed by atoms with E-state index in [1.165, 1.54) is 12.0 Å². The second-order valence-corrected chi connectivity index (χ2v) is 4.74. The first-order chi connectivity index (χ1) is 9.01. The van der Waals surface area contributed by atoms with Gasteiger partial charge >= 0.3 is 5.97 Å². The van der Waals surface area contributed by atoms with Crippen LogP contribution < -0.4 is 0 Å². The number of carbonyl (C=O) groups is 2. The fourth-order valence-corrected chi connectivity index (χ4v) is 2.53. The van der Waals surface area contributed by atoms with Crippen LogP contribution in [0.15, 0.2) is 16.5 Å². The fourth-order valence-electron chi connectivity index (χ4n) is 2.53. The zero-order valence-electron chi connectivity index (χ0n) is 11.0. The molecule has 1 aliphatic heterocycles. The molecule has 104 valence electrons. The van der Waals surface area contributed by atoms with Crippen molar-refractivity contribution in [1.29, 1.82) is 0 Å². The van der Waals surface area contributed by atoms with Crippen molar-refractivity contribution in [3.63, 3.8) is 0 Å². The van der Waals surface area contributed by atoms with Gasteiger partial charge in [0.2, 0.25) is 0 Å². The highest BCUT2D eigenvalue weighted by atomic mass is 16.5. The lowest BCUT2D eigenvalue weighted by Crippen LogP contribution is -2.56. The van der Waals surface area contributed by atoms with Gasteiger partial charge in [0.15, 0.2) is 11.3 Å². The predicted octanol–water partition coefficient (Wildman–Crippen LogP) is 1.29. The fraction of sp³-hybridized carbons (Fsp3) is 0.538. The van der Waals surface area contributed by atoms with Crippen LogP contribution in [0.4, 0.5) is 0 Å². The molecule has 1 saturated heterocycles. The molecular formula is C13H17NO5. The molecule has 1 aliphatic rings. The van der Waals surface area contributed by atoms with E-state index in [-0.39, 0.29) is 12.4 Å². The summed E-state index contributed by atoms with van der Waals surface area (Å²) in [4.78, 5) is 25.3. The van der Waals surface area contributed by atoms with Crippen molar-refractivity contribution < 1.29 is 23.8 Å². The minimum atomic E-state index is -1.29. The molecule has 0 radical (unpaired) electrons. The van der Waals surface area contributed by atoms with Gasteiger partial charge in [-0.3, -0.25) is 4.79 Å². The van der Waals surface area contributed by atoms with E-state index in [1.807, 2.05) is 0 Å². The maximum atomic E-state index is 12.4. The van der Waals surface area contributed by atoms with Gasteiger partial charge in [-0.15, -0.1) is 0 Å². The number of hydrogen-bond donors (Lipinski definition) is 1. The molecule has 19 heavy (non-hydrogen) atoms. The molecule has 0 spiro atoms. The standard InChI is InChI=1S/C13H17NO5/c1-9-4-5-10(19-9)11(15)14-7-3-6-13(14,8-18-2)12(16)17/h4-5H,3,6-8H2,1-2H3,(H,16,17). The quantitative estimate of drug-likeness (QED) is 0.889.